The van der Waals surface area contributed by atoms with Gasteiger partial charge in [0.2, 0.25) is 0 Å². The largest absolute Gasteiger partial charge is 0.492 e. The average molecular weight is 310 g/mol. The molecule has 5 heteroatoms. The molecule has 1 N–H and O–H groups in total. The molecule has 0 heterocycles. The molecule has 1 atom stereocenters. The van der Waals surface area contributed by atoms with Crippen LogP contribution in [0.15, 0.2) is 54.6 Å². The van der Waals surface area contributed by atoms with Crippen LogP contribution >= 0.6 is 0 Å². The zero-order chi connectivity index (χ0) is 16.5. The topological polar surface area (TPSA) is 71.3 Å². The number of amides is 1. The lowest BCUT2D eigenvalue weighted by Gasteiger charge is -2.15. The fourth-order valence-corrected chi connectivity index (χ4v) is 1.87. The number of carbonyl (C=O) groups is 1. The van der Waals surface area contributed by atoms with Crippen molar-refractivity contribution in [2.75, 3.05) is 13.2 Å². The van der Waals surface area contributed by atoms with Gasteiger partial charge in [-0.1, -0.05) is 18.2 Å². The molecule has 2 aromatic carbocycles. The smallest absolute Gasteiger partial charge is 0.260 e. The zero-order valence-electron chi connectivity index (χ0n) is 12.9. The first kappa shape index (κ1) is 16.4. The van der Waals surface area contributed by atoms with Gasteiger partial charge in [0.05, 0.1) is 18.2 Å². The van der Waals surface area contributed by atoms with E-state index in [4.69, 9.17) is 14.7 Å². The average Bonchev–Trinajstić information content (AvgIpc) is 2.60. The quantitative estimate of drug-likeness (QED) is 0.798. The highest BCUT2D eigenvalue weighted by Gasteiger charge is 2.13. The van der Waals surface area contributed by atoms with E-state index in [0.717, 1.165) is 5.75 Å². The highest BCUT2D eigenvalue weighted by molar-refractivity contribution is 5.80. The number of nitriles is 1. The minimum atomic E-state index is -0.625. The summed E-state index contributed by atoms with van der Waals surface area (Å²) in [5, 5.41) is 11.5. The van der Waals surface area contributed by atoms with E-state index in [1.165, 1.54) is 0 Å². The van der Waals surface area contributed by atoms with Crippen LogP contribution in [0.5, 0.6) is 11.5 Å². The maximum absolute atomic E-state index is 11.9. The Kier molecular flexibility index (Phi) is 6.01. The highest BCUT2D eigenvalue weighted by atomic mass is 16.5. The molecule has 0 aromatic heterocycles. The summed E-state index contributed by atoms with van der Waals surface area (Å²) in [5.41, 5.74) is 0.549. The molecule has 23 heavy (non-hydrogen) atoms. The Morgan fingerprint density at radius 3 is 2.48 bits per heavy atom. The van der Waals surface area contributed by atoms with Gasteiger partial charge in [0, 0.05) is 0 Å². The minimum Gasteiger partial charge on any atom is -0.492 e. The summed E-state index contributed by atoms with van der Waals surface area (Å²) in [4.78, 5) is 11.9. The predicted molar refractivity (Wildman–Crippen MR) is 86.2 cm³/mol. The summed E-state index contributed by atoms with van der Waals surface area (Å²) in [6, 6.07) is 18.1. The summed E-state index contributed by atoms with van der Waals surface area (Å²) in [5.74, 6) is 1.10. The Bertz CT molecular complexity index is 663. The van der Waals surface area contributed by atoms with Crippen LogP contribution in [0.2, 0.25) is 0 Å². The van der Waals surface area contributed by atoms with E-state index in [2.05, 4.69) is 5.32 Å². The van der Waals surface area contributed by atoms with Crippen LogP contribution in [0.4, 0.5) is 0 Å². The second-order valence-electron chi connectivity index (χ2n) is 4.85. The van der Waals surface area contributed by atoms with Gasteiger partial charge in [0.1, 0.15) is 18.1 Å². The second kappa shape index (κ2) is 8.44. The molecule has 0 saturated heterocycles. The molecule has 0 fully saturated rings. The minimum absolute atomic E-state index is 0.217. The van der Waals surface area contributed by atoms with Crippen molar-refractivity contribution >= 4 is 5.91 Å². The van der Waals surface area contributed by atoms with E-state index in [1.54, 1.807) is 31.2 Å². The Morgan fingerprint density at radius 1 is 1.13 bits per heavy atom. The first-order valence-electron chi connectivity index (χ1n) is 7.31. The SMILES string of the molecule is CC(Oc1ccc(C#N)cc1)C(=O)NCCOc1ccccc1. The van der Waals surface area contributed by atoms with E-state index in [-0.39, 0.29) is 5.91 Å². The fourth-order valence-electron chi connectivity index (χ4n) is 1.87. The fraction of sp³-hybridized carbons (Fsp3) is 0.222. The number of nitrogens with zero attached hydrogens (tertiary/aromatic N) is 1. The number of ether oxygens (including phenoxy) is 2. The van der Waals surface area contributed by atoms with Crippen molar-refractivity contribution in [3.05, 3.63) is 60.2 Å². The molecule has 0 radical (unpaired) electrons. The number of hydrogen-bond donors (Lipinski definition) is 1. The number of carbonyl (C=O) groups excluding carboxylic acids is 1. The number of para-hydroxylation sites is 1. The van der Waals surface area contributed by atoms with Crippen LogP contribution in [0.1, 0.15) is 12.5 Å². The van der Waals surface area contributed by atoms with Crippen LogP contribution in [-0.2, 0) is 4.79 Å². The molecule has 2 rings (SSSR count). The van der Waals surface area contributed by atoms with E-state index in [0.29, 0.717) is 24.5 Å². The van der Waals surface area contributed by atoms with Gasteiger partial charge >= 0.3 is 0 Å². The van der Waals surface area contributed by atoms with Gasteiger partial charge in [-0.05, 0) is 43.3 Å². The lowest BCUT2D eigenvalue weighted by atomic mass is 10.2. The Hall–Kier alpha value is -3.00. The van der Waals surface area contributed by atoms with Crippen molar-refractivity contribution in [3.63, 3.8) is 0 Å². The molecule has 2 aromatic rings. The van der Waals surface area contributed by atoms with Crippen LogP contribution in [0.25, 0.3) is 0 Å². The standard InChI is InChI=1S/C18H18N2O3/c1-14(23-17-9-7-15(13-19)8-10-17)18(21)20-11-12-22-16-5-3-2-4-6-16/h2-10,14H,11-12H2,1H3,(H,20,21). The van der Waals surface area contributed by atoms with E-state index < -0.39 is 6.10 Å². The number of hydrogen-bond acceptors (Lipinski definition) is 4. The predicted octanol–water partition coefficient (Wildman–Crippen LogP) is 2.52. The number of benzene rings is 2. The molecule has 5 nitrogen and oxygen atoms in total. The molecule has 0 bridgehead atoms. The molecule has 118 valence electrons. The normalized spacial score (nSPS) is 11.1. The highest BCUT2D eigenvalue weighted by Crippen LogP contribution is 2.13. The second-order valence-corrected chi connectivity index (χ2v) is 4.85. The molecule has 1 unspecified atom stereocenters. The lowest BCUT2D eigenvalue weighted by molar-refractivity contribution is -0.127. The molecule has 0 aliphatic carbocycles. The van der Waals surface area contributed by atoms with E-state index in [9.17, 15) is 4.79 Å². The van der Waals surface area contributed by atoms with E-state index >= 15 is 0 Å². The van der Waals surface area contributed by atoms with Crippen molar-refractivity contribution in [3.8, 4) is 17.6 Å². The Labute approximate surface area is 135 Å². The summed E-state index contributed by atoms with van der Waals surface area (Å²) in [6.07, 6.45) is -0.625. The van der Waals surface area contributed by atoms with Gasteiger partial charge in [0.25, 0.3) is 5.91 Å². The summed E-state index contributed by atoms with van der Waals surface area (Å²) < 4.78 is 11.0. The van der Waals surface area contributed by atoms with Crippen LogP contribution in [0, 0.1) is 11.3 Å². The molecule has 0 aliphatic heterocycles. The molecule has 0 saturated carbocycles. The van der Waals surface area contributed by atoms with Crippen molar-refractivity contribution in [2.45, 2.75) is 13.0 Å². The van der Waals surface area contributed by atoms with Gasteiger partial charge < -0.3 is 14.8 Å². The Balaban J connectivity index is 1.71. The molecule has 0 aliphatic rings. The van der Waals surface area contributed by atoms with Gasteiger partial charge in [-0.15, -0.1) is 0 Å². The third-order valence-electron chi connectivity index (χ3n) is 3.08. The maximum atomic E-state index is 11.9. The number of nitrogens with one attached hydrogen (secondary N) is 1. The summed E-state index contributed by atoms with van der Waals surface area (Å²) in [7, 11) is 0. The number of rotatable bonds is 7. The van der Waals surface area contributed by atoms with Gasteiger partial charge in [-0.25, -0.2) is 0 Å². The summed E-state index contributed by atoms with van der Waals surface area (Å²) >= 11 is 0. The Morgan fingerprint density at radius 2 is 1.83 bits per heavy atom. The first-order chi connectivity index (χ1) is 11.2. The molecular formula is C18H18N2O3. The van der Waals surface area contributed by atoms with Crippen LogP contribution in [-0.4, -0.2) is 25.2 Å². The van der Waals surface area contributed by atoms with Gasteiger partial charge in [-0.2, -0.15) is 5.26 Å². The third kappa shape index (κ3) is 5.36. The van der Waals surface area contributed by atoms with Crippen molar-refractivity contribution in [1.29, 1.82) is 5.26 Å². The maximum Gasteiger partial charge on any atom is 0.260 e. The molecular weight excluding hydrogens is 292 g/mol. The van der Waals surface area contributed by atoms with Crippen LogP contribution < -0.4 is 14.8 Å². The van der Waals surface area contributed by atoms with E-state index in [1.807, 2.05) is 36.4 Å². The zero-order valence-corrected chi connectivity index (χ0v) is 12.9. The lowest BCUT2D eigenvalue weighted by Crippen LogP contribution is -2.38. The molecule has 1 amide bonds. The van der Waals surface area contributed by atoms with Crippen molar-refractivity contribution in [2.24, 2.45) is 0 Å². The van der Waals surface area contributed by atoms with Crippen LogP contribution in [0.3, 0.4) is 0 Å². The summed E-state index contributed by atoms with van der Waals surface area (Å²) in [6.45, 7) is 2.46. The third-order valence-corrected chi connectivity index (χ3v) is 3.08. The van der Waals surface area contributed by atoms with Gasteiger partial charge in [-0.3, -0.25) is 4.79 Å². The van der Waals surface area contributed by atoms with Gasteiger partial charge in [0.15, 0.2) is 6.10 Å². The first-order valence-corrected chi connectivity index (χ1v) is 7.31. The van der Waals surface area contributed by atoms with Crippen molar-refractivity contribution in [1.82, 2.24) is 5.32 Å². The van der Waals surface area contributed by atoms with Crippen molar-refractivity contribution < 1.29 is 14.3 Å². The molecule has 0 spiro atoms. The monoisotopic (exact) mass is 310 g/mol.